The number of carbonyl (C=O) groups is 1. The van der Waals surface area contributed by atoms with E-state index in [-0.39, 0.29) is 28.4 Å². The SMILES string of the molecule is Cc1c(NC(=O)CN(Cc2ccc(Br)cc2)S(=O)(=O)c2ccccc2)cccc1[N+](=O)[O-]. The van der Waals surface area contributed by atoms with Crippen molar-refractivity contribution in [3.8, 4) is 0 Å². The summed E-state index contributed by atoms with van der Waals surface area (Å²) >= 11 is 3.34. The van der Waals surface area contributed by atoms with Crippen molar-refractivity contribution in [3.63, 3.8) is 0 Å². The molecule has 1 N–H and O–H groups in total. The first-order chi connectivity index (χ1) is 15.2. The van der Waals surface area contributed by atoms with Gasteiger partial charge in [0.15, 0.2) is 0 Å². The summed E-state index contributed by atoms with van der Waals surface area (Å²) in [4.78, 5) is 23.5. The van der Waals surface area contributed by atoms with E-state index in [1.807, 2.05) is 0 Å². The Labute approximate surface area is 194 Å². The van der Waals surface area contributed by atoms with E-state index in [9.17, 15) is 23.3 Å². The predicted molar refractivity (Wildman–Crippen MR) is 125 cm³/mol. The number of hydrogen-bond donors (Lipinski definition) is 1. The number of nitrogens with zero attached hydrogens (tertiary/aromatic N) is 2. The number of nitro benzene ring substituents is 1. The molecule has 0 aliphatic carbocycles. The van der Waals surface area contributed by atoms with Crippen LogP contribution in [0, 0.1) is 17.0 Å². The molecule has 0 aliphatic heterocycles. The zero-order valence-electron chi connectivity index (χ0n) is 17.1. The molecule has 3 rings (SSSR count). The summed E-state index contributed by atoms with van der Waals surface area (Å²) < 4.78 is 28.4. The van der Waals surface area contributed by atoms with Gasteiger partial charge in [0, 0.05) is 17.1 Å². The Morgan fingerprint density at radius 3 is 2.31 bits per heavy atom. The first-order valence-corrected chi connectivity index (χ1v) is 11.8. The van der Waals surface area contributed by atoms with E-state index in [2.05, 4.69) is 21.2 Å². The van der Waals surface area contributed by atoms with E-state index < -0.39 is 27.4 Å². The number of amides is 1. The zero-order valence-corrected chi connectivity index (χ0v) is 19.5. The Bertz CT molecular complexity index is 1230. The van der Waals surface area contributed by atoms with Gasteiger partial charge in [0.05, 0.1) is 27.6 Å². The number of carbonyl (C=O) groups excluding carboxylic acids is 1. The van der Waals surface area contributed by atoms with Crippen molar-refractivity contribution in [2.24, 2.45) is 0 Å². The highest BCUT2D eigenvalue weighted by Crippen LogP contribution is 2.25. The van der Waals surface area contributed by atoms with Crippen LogP contribution < -0.4 is 5.32 Å². The monoisotopic (exact) mass is 517 g/mol. The van der Waals surface area contributed by atoms with Crippen molar-refractivity contribution in [1.29, 1.82) is 0 Å². The highest BCUT2D eigenvalue weighted by atomic mass is 79.9. The average molecular weight is 518 g/mol. The molecule has 0 aliphatic rings. The molecule has 166 valence electrons. The summed E-state index contributed by atoms with van der Waals surface area (Å²) in [6.07, 6.45) is 0. The van der Waals surface area contributed by atoms with Crippen molar-refractivity contribution >= 4 is 43.2 Å². The molecule has 3 aromatic carbocycles. The molecule has 0 unspecified atom stereocenters. The number of anilines is 1. The highest BCUT2D eigenvalue weighted by Gasteiger charge is 2.27. The van der Waals surface area contributed by atoms with Gasteiger partial charge in [-0.2, -0.15) is 4.31 Å². The van der Waals surface area contributed by atoms with E-state index in [1.165, 1.54) is 37.3 Å². The highest BCUT2D eigenvalue weighted by molar-refractivity contribution is 9.10. The number of nitrogens with one attached hydrogen (secondary N) is 1. The van der Waals surface area contributed by atoms with Gasteiger partial charge in [-0.1, -0.05) is 52.3 Å². The van der Waals surface area contributed by atoms with Gasteiger partial charge < -0.3 is 5.32 Å². The van der Waals surface area contributed by atoms with E-state index in [0.29, 0.717) is 5.56 Å². The van der Waals surface area contributed by atoms with Crippen molar-refractivity contribution < 1.29 is 18.1 Å². The van der Waals surface area contributed by atoms with Gasteiger partial charge in [-0.15, -0.1) is 0 Å². The molecule has 0 fully saturated rings. The van der Waals surface area contributed by atoms with E-state index in [4.69, 9.17) is 0 Å². The van der Waals surface area contributed by atoms with Crippen LogP contribution in [0.5, 0.6) is 0 Å². The number of nitro groups is 1. The fourth-order valence-corrected chi connectivity index (χ4v) is 4.74. The number of halogens is 1. The number of benzene rings is 3. The topological polar surface area (TPSA) is 110 Å². The predicted octanol–water partition coefficient (Wildman–Crippen LogP) is 4.50. The van der Waals surface area contributed by atoms with Gasteiger partial charge in [-0.3, -0.25) is 14.9 Å². The zero-order chi connectivity index (χ0) is 23.3. The summed E-state index contributed by atoms with van der Waals surface area (Å²) in [6.45, 7) is 1.04. The summed E-state index contributed by atoms with van der Waals surface area (Å²) in [6, 6.07) is 19.3. The Hall–Kier alpha value is -3.08. The normalized spacial score (nSPS) is 11.3. The van der Waals surface area contributed by atoms with Gasteiger partial charge in [-0.25, -0.2) is 8.42 Å². The molecule has 0 bridgehead atoms. The minimum absolute atomic E-state index is 0.0220. The van der Waals surface area contributed by atoms with Crippen LogP contribution in [0.3, 0.4) is 0 Å². The Balaban J connectivity index is 1.88. The molecule has 1 amide bonds. The maximum Gasteiger partial charge on any atom is 0.274 e. The second-order valence-electron chi connectivity index (χ2n) is 6.97. The third kappa shape index (κ3) is 5.58. The molecule has 0 spiro atoms. The smallest absolute Gasteiger partial charge is 0.274 e. The van der Waals surface area contributed by atoms with Gasteiger partial charge in [0.1, 0.15) is 0 Å². The Morgan fingerprint density at radius 2 is 1.69 bits per heavy atom. The third-order valence-electron chi connectivity index (χ3n) is 4.75. The summed E-state index contributed by atoms with van der Waals surface area (Å²) in [5.41, 5.74) is 1.11. The molecule has 3 aromatic rings. The molecule has 0 radical (unpaired) electrons. The maximum atomic E-state index is 13.2. The lowest BCUT2D eigenvalue weighted by molar-refractivity contribution is -0.385. The fourth-order valence-electron chi connectivity index (χ4n) is 3.07. The lowest BCUT2D eigenvalue weighted by Crippen LogP contribution is -2.37. The Kier molecular flexibility index (Phi) is 7.39. The van der Waals surface area contributed by atoms with Crippen molar-refractivity contribution in [2.45, 2.75) is 18.4 Å². The van der Waals surface area contributed by atoms with Crippen molar-refractivity contribution in [1.82, 2.24) is 4.31 Å². The summed E-state index contributed by atoms with van der Waals surface area (Å²) in [7, 11) is -3.98. The third-order valence-corrected chi connectivity index (χ3v) is 7.08. The van der Waals surface area contributed by atoms with Crippen LogP contribution in [0.25, 0.3) is 0 Å². The number of rotatable bonds is 8. The fraction of sp³-hybridized carbons (Fsp3) is 0.136. The lowest BCUT2D eigenvalue weighted by Gasteiger charge is -2.22. The maximum absolute atomic E-state index is 13.2. The molecule has 0 saturated carbocycles. The molecule has 0 saturated heterocycles. The van der Waals surface area contributed by atoms with Gasteiger partial charge in [-0.05, 0) is 42.8 Å². The molecule has 0 heterocycles. The van der Waals surface area contributed by atoms with Crippen LogP contribution in [0.4, 0.5) is 11.4 Å². The van der Waals surface area contributed by atoms with Gasteiger partial charge in [0.25, 0.3) is 5.69 Å². The quantitative estimate of drug-likeness (QED) is 0.349. The van der Waals surface area contributed by atoms with Crippen LogP contribution in [-0.2, 0) is 21.4 Å². The number of hydrogen-bond acceptors (Lipinski definition) is 5. The average Bonchev–Trinajstić information content (AvgIpc) is 2.76. The molecule has 10 heteroatoms. The second kappa shape index (κ2) is 10.0. The van der Waals surface area contributed by atoms with Gasteiger partial charge in [0.2, 0.25) is 15.9 Å². The molecular formula is C22H20BrN3O5S. The van der Waals surface area contributed by atoms with E-state index >= 15 is 0 Å². The van der Waals surface area contributed by atoms with Crippen LogP contribution >= 0.6 is 15.9 Å². The van der Waals surface area contributed by atoms with Crippen LogP contribution in [0.2, 0.25) is 0 Å². The first-order valence-electron chi connectivity index (χ1n) is 9.52. The Morgan fingerprint density at radius 1 is 1.03 bits per heavy atom. The molecule has 8 nitrogen and oxygen atoms in total. The van der Waals surface area contributed by atoms with Gasteiger partial charge >= 0.3 is 0 Å². The van der Waals surface area contributed by atoms with Crippen LogP contribution in [-0.4, -0.2) is 30.1 Å². The van der Waals surface area contributed by atoms with Crippen molar-refractivity contribution in [3.05, 3.63) is 98.5 Å². The molecule has 0 aromatic heterocycles. The summed E-state index contributed by atoms with van der Waals surface area (Å²) in [5, 5.41) is 13.8. The van der Waals surface area contributed by atoms with E-state index in [1.54, 1.807) is 42.5 Å². The molecule has 32 heavy (non-hydrogen) atoms. The second-order valence-corrected chi connectivity index (χ2v) is 9.82. The lowest BCUT2D eigenvalue weighted by atomic mass is 10.1. The van der Waals surface area contributed by atoms with Crippen LogP contribution in [0.1, 0.15) is 11.1 Å². The van der Waals surface area contributed by atoms with Crippen LogP contribution in [0.15, 0.2) is 82.2 Å². The summed E-state index contributed by atoms with van der Waals surface area (Å²) in [5.74, 6) is -0.606. The standard InChI is InChI=1S/C22H20BrN3O5S/c1-16-20(8-5-9-21(16)26(28)29)24-22(27)15-25(14-17-10-12-18(23)13-11-17)32(30,31)19-6-3-2-4-7-19/h2-13H,14-15H2,1H3,(H,24,27). The van der Waals surface area contributed by atoms with Crippen molar-refractivity contribution in [2.75, 3.05) is 11.9 Å². The van der Waals surface area contributed by atoms with E-state index in [0.717, 1.165) is 8.78 Å². The molecule has 0 atom stereocenters. The first kappa shape index (κ1) is 23.6. The number of sulfonamides is 1. The minimum Gasteiger partial charge on any atom is -0.324 e. The largest absolute Gasteiger partial charge is 0.324 e. The minimum atomic E-state index is -3.98. The molecular weight excluding hydrogens is 498 g/mol.